The van der Waals surface area contributed by atoms with Crippen LogP contribution < -0.4 is 4.74 Å². The Bertz CT molecular complexity index is 1220. The van der Waals surface area contributed by atoms with Crippen LogP contribution in [0.25, 0.3) is 5.82 Å². The fourth-order valence-corrected chi connectivity index (χ4v) is 4.15. The van der Waals surface area contributed by atoms with Gasteiger partial charge in [0, 0.05) is 54.7 Å². The second-order valence-corrected chi connectivity index (χ2v) is 8.40. The molecule has 1 atom stereocenters. The third-order valence-electron chi connectivity index (χ3n) is 5.71. The molecule has 1 aromatic carbocycles. The molecule has 0 bridgehead atoms. The van der Waals surface area contributed by atoms with Gasteiger partial charge in [-0.2, -0.15) is 10.2 Å². The number of rotatable bonds is 7. The quantitative estimate of drug-likeness (QED) is 0.450. The summed E-state index contributed by atoms with van der Waals surface area (Å²) in [4.78, 5) is 19.2. The van der Waals surface area contributed by atoms with Gasteiger partial charge in [-0.3, -0.25) is 9.89 Å². The van der Waals surface area contributed by atoms with Gasteiger partial charge in [-0.25, -0.2) is 9.67 Å². The lowest BCUT2D eigenvalue weighted by Gasteiger charge is -2.16. The summed E-state index contributed by atoms with van der Waals surface area (Å²) in [6, 6.07) is 14.9. The van der Waals surface area contributed by atoms with Crippen molar-refractivity contribution in [3.05, 3.63) is 89.1 Å². The van der Waals surface area contributed by atoms with E-state index in [9.17, 15) is 4.79 Å². The topological polar surface area (TPSA) is 88.9 Å². The number of ether oxygens (including phenoxy) is 1. The zero-order valence-electron chi connectivity index (χ0n) is 17.9. The average Bonchev–Trinajstić information content (AvgIpc) is 3.61. The molecular formula is C24H23ClN6O2. The standard InChI is InChI=1S/C24H23ClN6O2/c25-19-3-1-4-21(13-19)33-12-8-20-14-22(29-28-20)18-7-11-30(16-18)24(32)17-5-6-23(26-15-17)31-10-2-9-27-31/h1-6,9-10,13-15,18H,7-8,11-12,16H2,(H,28,29)/t18-/m0/s1. The monoisotopic (exact) mass is 462 g/mol. The number of nitrogens with zero attached hydrogens (tertiary/aromatic N) is 5. The van der Waals surface area contributed by atoms with E-state index in [4.69, 9.17) is 16.3 Å². The summed E-state index contributed by atoms with van der Waals surface area (Å²) in [5, 5.41) is 12.4. The van der Waals surface area contributed by atoms with E-state index in [-0.39, 0.29) is 11.8 Å². The molecule has 1 aliphatic rings. The lowest BCUT2D eigenvalue weighted by molar-refractivity contribution is 0.0790. The van der Waals surface area contributed by atoms with E-state index < -0.39 is 0 Å². The molecule has 1 fully saturated rings. The first-order valence-electron chi connectivity index (χ1n) is 10.8. The Kier molecular flexibility index (Phi) is 6.08. The van der Waals surface area contributed by atoms with E-state index in [0.29, 0.717) is 42.5 Å². The number of pyridine rings is 1. The van der Waals surface area contributed by atoms with Crippen LogP contribution >= 0.6 is 11.6 Å². The van der Waals surface area contributed by atoms with Crippen LogP contribution in [0.15, 0.2) is 67.1 Å². The van der Waals surface area contributed by atoms with E-state index in [0.717, 1.165) is 23.6 Å². The molecule has 0 saturated carbocycles. The van der Waals surface area contributed by atoms with Crippen molar-refractivity contribution in [2.24, 2.45) is 0 Å². The molecule has 168 valence electrons. The highest BCUT2D eigenvalue weighted by Crippen LogP contribution is 2.27. The third-order valence-corrected chi connectivity index (χ3v) is 5.95. The summed E-state index contributed by atoms with van der Waals surface area (Å²) in [6.07, 6.45) is 6.71. The molecule has 33 heavy (non-hydrogen) atoms. The van der Waals surface area contributed by atoms with Crippen LogP contribution in [0.5, 0.6) is 5.75 Å². The van der Waals surface area contributed by atoms with Gasteiger partial charge in [-0.1, -0.05) is 17.7 Å². The van der Waals surface area contributed by atoms with Gasteiger partial charge in [0.25, 0.3) is 5.91 Å². The van der Waals surface area contributed by atoms with Crippen molar-refractivity contribution in [1.82, 2.24) is 29.9 Å². The molecule has 1 amide bonds. The Morgan fingerprint density at radius 1 is 1.21 bits per heavy atom. The molecule has 5 rings (SSSR count). The maximum absolute atomic E-state index is 12.9. The number of halogens is 1. The molecule has 0 spiro atoms. The van der Waals surface area contributed by atoms with Crippen LogP contribution in [0.1, 0.15) is 34.1 Å². The van der Waals surface area contributed by atoms with E-state index in [2.05, 4.69) is 26.3 Å². The molecule has 3 aromatic heterocycles. The number of benzene rings is 1. The van der Waals surface area contributed by atoms with Crippen molar-refractivity contribution in [3.8, 4) is 11.6 Å². The van der Waals surface area contributed by atoms with E-state index in [1.165, 1.54) is 0 Å². The highest BCUT2D eigenvalue weighted by Gasteiger charge is 2.29. The summed E-state index contributed by atoms with van der Waals surface area (Å²) in [7, 11) is 0. The summed E-state index contributed by atoms with van der Waals surface area (Å²) in [5.41, 5.74) is 2.57. The zero-order chi connectivity index (χ0) is 22.6. The minimum atomic E-state index is -0.0114. The molecule has 4 aromatic rings. The normalized spacial score (nSPS) is 15.7. The van der Waals surface area contributed by atoms with Gasteiger partial charge >= 0.3 is 0 Å². The Labute approximate surface area is 196 Å². The van der Waals surface area contributed by atoms with Crippen LogP contribution in [0.4, 0.5) is 0 Å². The number of aromatic nitrogens is 5. The number of amides is 1. The molecule has 1 saturated heterocycles. The number of carbonyl (C=O) groups is 1. The smallest absolute Gasteiger partial charge is 0.255 e. The first kappa shape index (κ1) is 21.2. The summed E-state index contributed by atoms with van der Waals surface area (Å²) in [5.74, 6) is 1.63. The molecule has 9 heteroatoms. The summed E-state index contributed by atoms with van der Waals surface area (Å²) >= 11 is 5.99. The summed E-state index contributed by atoms with van der Waals surface area (Å²) in [6.45, 7) is 1.87. The first-order chi connectivity index (χ1) is 16.2. The van der Waals surface area contributed by atoms with Crippen LogP contribution in [-0.2, 0) is 6.42 Å². The average molecular weight is 463 g/mol. The predicted molar refractivity (Wildman–Crippen MR) is 124 cm³/mol. The molecule has 1 aliphatic heterocycles. The van der Waals surface area contributed by atoms with Crippen molar-refractivity contribution in [3.63, 3.8) is 0 Å². The Morgan fingerprint density at radius 2 is 2.15 bits per heavy atom. The van der Waals surface area contributed by atoms with Crippen molar-refractivity contribution >= 4 is 17.5 Å². The van der Waals surface area contributed by atoms with Gasteiger partial charge < -0.3 is 9.64 Å². The maximum Gasteiger partial charge on any atom is 0.255 e. The van der Waals surface area contributed by atoms with Crippen LogP contribution in [-0.4, -0.2) is 55.5 Å². The fraction of sp³-hybridized carbons (Fsp3) is 0.250. The van der Waals surface area contributed by atoms with E-state index in [1.807, 2.05) is 35.4 Å². The second-order valence-electron chi connectivity index (χ2n) is 7.97. The van der Waals surface area contributed by atoms with Crippen LogP contribution in [0.3, 0.4) is 0 Å². The Hall–Kier alpha value is -3.65. The number of hydrogen-bond donors (Lipinski definition) is 1. The molecular weight excluding hydrogens is 440 g/mol. The van der Waals surface area contributed by atoms with Gasteiger partial charge in [0.15, 0.2) is 5.82 Å². The molecule has 0 aliphatic carbocycles. The molecule has 1 N–H and O–H groups in total. The predicted octanol–water partition coefficient (Wildman–Crippen LogP) is 3.90. The minimum absolute atomic E-state index is 0.0114. The maximum atomic E-state index is 12.9. The number of aromatic amines is 1. The Balaban J connectivity index is 1.15. The van der Waals surface area contributed by atoms with Crippen molar-refractivity contribution in [1.29, 1.82) is 0 Å². The molecule has 4 heterocycles. The molecule has 8 nitrogen and oxygen atoms in total. The number of hydrogen-bond acceptors (Lipinski definition) is 5. The van der Waals surface area contributed by atoms with Gasteiger partial charge in [-0.05, 0) is 48.9 Å². The van der Waals surface area contributed by atoms with Crippen molar-refractivity contribution in [2.45, 2.75) is 18.8 Å². The van der Waals surface area contributed by atoms with Gasteiger partial charge in [0.05, 0.1) is 17.9 Å². The van der Waals surface area contributed by atoms with E-state index >= 15 is 0 Å². The second kappa shape index (κ2) is 9.46. The highest BCUT2D eigenvalue weighted by molar-refractivity contribution is 6.30. The number of likely N-dealkylation sites (tertiary alicyclic amines) is 1. The lowest BCUT2D eigenvalue weighted by atomic mass is 10.0. The van der Waals surface area contributed by atoms with E-state index in [1.54, 1.807) is 35.3 Å². The number of H-pyrrole nitrogens is 1. The Morgan fingerprint density at radius 3 is 2.94 bits per heavy atom. The zero-order valence-corrected chi connectivity index (χ0v) is 18.7. The van der Waals surface area contributed by atoms with Crippen molar-refractivity contribution in [2.75, 3.05) is 19.7 Å². The number of nitrogens with one attached hydrogen (secondary N) is 1. The molecule has 0 radical (unpaired) electrons. The number of carbonyl (C=O) groups excluding carboxylic acids is 1. The largest absolute Gasteiger partial charge is 0.493 e. The van der Waals surface area contributed by atoms with Gasteiger partial charge in [0.1, 0.15) is 5.75 Å². The first-order valence-corrected chi connectivity index (χ1v) is 11.2. The minimum Gasteiger partial charge on any atom is -0.493 e. The van der Waals surface area contributed by atoms with Crippen LogP contribution in [0, 0.1) is 0 Å². The van der Waals surface area contributed by atoms with Gasteiger partial charge in [-0.15, -0.1) is 0 Å². The molecule has 0 unspecified atom stereocenters. The highest BCUT2D eigenvalue weighted by atomic mass is 35.5. The SMILES string of the molecule is O=C(c1ccc(-n2cccn2)nc1)N1CC[C@H](c2cc(CCOc3cccc(Cl)c3)[nH]n2)C1. The van der Waals surface area contributed by atoms with Crippen molar-refractivity contribution < 1.29 is 9.53 Å². The fourth-order valence-electron chi connectivity index (χ4n) is 3.97. The summed E-state index contributed by atoms with van der Waals surface area (Å²) < 4.78 is 7.42. The van der Waals surface area contributed by atoms with Gasteiger partial charge in [0.2, 0.25) is 0 Å². The van der Waals surface area contributed by atoms with Crippen LogP contribution in [0.2, 0.25) is 5.02 Å². The lowest BCUT2D eigenvalue weighted by Crippen LogP contribution is -2.28. The third kappa shape index (κ3) is 4.90.